The standard InChI is InChI=1S/C11H19N5O2S/c1-11(4-7(5-11)6-19-3)13-10-8(15-18-16-10)9(12-2)14-17/h7,17H,4-6H2,1-3H3,(H,12,14)(H,13,16). The predicted molar refractivity (Wildman–Crippen MR) is 74.8 cm³/mol. The monoisotopic (exact) mass is 285 g/mol. The van der Waals surface area contributed by atoms with E-state index in [9.17, 15) is 0 Å². The first-order chi connectivity index (χ1) is 9.11. The van der Waals surface area contributed by atoms with Crippen molar-refractivity contribution in [1.82, 2.24) is 15.6 Å². The van der Waals surface area contributed by atoms with Gasteiger partial charge in [0, 0.05) is 12.6 Å². The van der Waals surface area contributed by atoms with Crippen molar-refractivity contribution < 1.29 is 9.84 Å². The van der Waals surface area contributed by atoms with Crippen molar-refractivity contribution in [3.63, 3.8) is 0 Å². The fourth-order valence-corrected chi connectivity index (χ4v) is 3.30. The van der Waals surface area contributed by atoms with Gasteiger partial charge in [0.2, 0.25) is 5.82 Å². The fraction of sp³-hybridized carbons (Fsp3) is 0.727. The summed E-state index contributed by atoms with van der Waals surface area (Å²) in [6, 6.07) is 0. The molecule has 0 bridgehead atoms. The largest absolute Gasteiger partial charge is 0.409 e. The molecule has 1 aromatic heterocycles. The van der Waals surface area contributed by atoms with Gasteiger partial charge in [0.05, 0.1) is 0 Å². The summed E-state index contributed by atoms with van der Waals surface area (Å²) in [6.45, 7) is 2.15. The van der Waals surface area contributed by atoms with Gasteiger partial charge in [-0.05, 0) is 48.0 Å². The molecule has 0 amide bonds. The van der Waals surface area contributed by atoms with Gasteiger partial charge in [-0.1, -0.05) is 5.16 Å². The van der Waals surface area contributed by atoms with Crippen molar-refractivity contribution in [2.24, 2.45) is 11.1 Å². The molecule has 1 saturated carbocycles. The number of rotatable bonds is 5. The van der Waals surface area contributed by atoms with E-state index in [2.05, 4.69) is 39.3 Å². The normalized spacial score (nSPS) is 26.9. The van der Waals surface area contributed by atoms with Crippen molar-refractivity contribution >= 4 is 23.4 Å². The van der Waals surface area contributed by atoms with Gasteiger partial charge in [-0.25, -0.2) is 4.63 Å². The molecule has 1 heterocycles. The molecule has 2 rings (SSSR count). The molecule has 3 N–H and O–H groups in total. The lowest BCUT2D eigenvalue weighted by molar-refractivity contribution is 0.209. The first kappa shape index (κ1) is 14.0. The summed E-state index contributed by atoms with van der Waals surface area (Å²) in [6.07, 6.45) is 4.30. The van der Waals surface area contributed by atoms with Crippen LogP contribution >= 0.6 is 11.8 Å². The number of nitrogens with one attached hydrogen (secondary N) is 2. The third-order valence-electron chi connectivity index (χ3n) is 3.35. The van der Waals surface area contributed by atoms with E-state index in [-0.39, 0.29) is 11.4 Å². The Kier molecular flexibility index (Phi) is 4.18. The highest BCUT2D eigenvalue weighted by atomic mass is 32.2. The summed E-state index contributed by atoms with van der Waals surface area (Å²) in [5.74, 6) is 2.66. The lowest BCUT2D eigenvalue weighted by Gasteiger charge is -2.45. The lowest BCUT2D eigenvalue weighted by atomic mass is 9.70. The molecule has 1 fully saturated rings. The summed E-state index contributed by atoms with van der Waals surface area (Å²) in [5.41, 5.74) is 0.390. The van der Waals surface area contributed by atoms with Gasteiger partial charge in [0.1, 0.15) is 0 Å². The summed E-state index contributed by atoms with van der Waals surface area (Å²) in [4.78, 5) is 0. The zero-order valence-corrected chi connectivity index (χ0v) is 12.1. The van der Waals surface area contributed by atoms with Crippen LogP contribution in [0.1, 0.15) is 25.5 Å². The molecule has 0 aromatic carbocycles. The van der Waals surface area contributed by atoms with Crippen LogP contribution in [-0.2, 0) is 0 Å². The van der Waals surface area contributed by atoms with E-state index in [0.717, 1.165) is 18.8 Å². The lowest BCUT2D eigenvalue weighted by Crippen LogP contribution is -2.49. The minimum absolute atomic E-state index is 0.00199. The number of hydrogen-bond acceptors (Lipinski definition) is 7. The molecule has 19 heavy (non-hydrogen) atoms. The van der Waals surface area contributed by atoms with Crippen LogP contribution in [-0.4, -0.2) is 46.0 Å². The molecule has 0 saturated heterocycles. The summed E-state index contributed by atoms with van der Waals surface area (Å²) in [5, 5.41) is 25.7. The molecule has 0 radical (unpaired) electrons. The maximum Gasteiger partial charge on any atom is 0.202 e. The van der Waals surface area contributed by atoms with E-state index in [0.29, 0.717) is 11.5 Å². The highest BCUT2D eigenvalue weighted by Gasteiger charge is 2.41. The molecule has 1 aliphatic carbocycles. The molecule has 106 valence electrons. The fourth-order valence-electron chi connectivity index (χ4n) is 2.60. The maximum atomic E-state index is 8.89. The molecular weight excluding hydrogens is 266 g/mol. The minimum atomic E-state index is 0.00199. The molecule has 7 nitrogen and oxygen atoms in total. The van der Waals surface area contributed by atoms with E-state index in [1.54, 1.807) is 7.05 Å². The number of nitrogens with zero attached hydrogens (tertiary/aromatic N) is 3. The van der Waals surface area contributed by atoms with Crippen LogP contribution in [0.25, 0.3) is 0 Å². The van der Waals surface area contributed by atoms with Crippen LogP contribution in [0.15, 0.2) is 9.78 Å². The van der Waals surface area contributed by atoms with Crippen molar-refractivity contribution in [2.75, 3.05) is 24.4 Å². The zero-order valence-electron chi connectivity index (χ0n) is 11.3. The van der Waals surface area contributed by atoms with Gasteiger partial charge < -0.3 is 15.8 Å². The van der Waals surface area contributed by atoms with Gasteiger partial charge >= 0.3 is 0 Å². The predicted octanol–water partition coefficient (Wildman–Crippen LogP) is 1.37. The Morgan fingerprint density at radius 2 is 2.32 bits per heavy atom. The van der Waals surface area contributed by atoms with Crippen molar-refractivity contribution in [3.05, 3.63) is 5.69 Å². The quantitative estimate of drug-likeness (QED) is 0.325. The Bertz CT molecular complexity index is 456. The second-order valence-corrected chi connectivity index (χ2v) is 5.99. The van der Waals surface area contributed by atoms with Gasteiger partial charge in [-0.2, -0.15) is 11.8 Å². The van der Waals surface area contributed by atoms with E-state index < -0.39 is 0 Å². The highest BCUT2D eigenvalue weighted by Crippen LogP contribution is 2.41. The van der Waals surface area contributed by atoms with Crippen LogP contribution in [0, 0.1) is 5.92 Å². The van der Waals surface area contributed by atoms with Crippen LogP contribution in [0.5, 0.6) is 0 Å². The van der Waals surface area contributed by atoms with E-state index >= 15 is 0 Å². The first-order valence-corrected chi connectivity index (χ1v) is 7.51. The Labute approximate surface area is 116 Å². The number of amidine groups is 1. The second kappa shape index (κ2) is 5.68. The number of oxime groups is 1. The van der Waals surface area contributed by atoms with Crippen LogP contribution < -0.4 is 10.6 Å². The van der Waals surface area contributed by atoms with E-state index in [1.165, 1.54) is 5.75 Å². The molecule has 1 aromatic rings. The number of hydrogen-bond donors (Lipinski definition) is 3. The highest BCUT2D eigenvalue weighted by molar-refractivity contribution is 7.98. The Morgan fingerprint density at radius 3 is 2.89 bits per heavy atom. The van der Waals surface area contributed by atoms with E-state index in [1.807, 2.05) is 11.8 Å². The van der Waals surface area contributed by atoms with Crippen LogP contribution in [0.3, 0.4) is 0 Å². The number of thioether (sulfide) groups is 1. The topological polar surface area (TPSA) is 95.6 Å². The molecule has 0 atom stereocenters. The average Bonchev–Trinajstić information content (AvgIpc) is 2.77. The molecule has 0 spiro atoms. The zero-order chi connectivity index (χ0) is 13.9. The third-order valence-corrected chi connectivity index (χ3v) is 4.16. The average molecular weight is 285 g/mol. The van der Waals surface area contributed by atoms with Crippen LogP contribution in [0.2, 0.25) is 0 Å². The molecular formula is C11H19N5O2S. The molecule has 0 aliphatic heterocycles. The van der Waals surface area contributed by atoms with Gasteiger partial charge in [0.25, 0.3) is 0 Å². The maximum absolute atomic E-state index is 8.89. The first-order valence-electron chi connectivity index (χ1n) is 6.11. The second-order valence-electron chi connectivity index (χ2n) is 5.08. The summed E-state index contributed by atoms with van der Waals surface area (Å²) >= 11 is 1.87. The van der Waals surface area contributed by atoms with Crippen molar-refractivity contribution in [1.29, 1.82) is 0 Å². The van der Waals surface area contributed by atoms with Gasteiger partial charge in [0.15, 0.2) is 11.5 Å². The Balaban J connectivity index is 2.03. The minimum Gasteiger partial charge on any atom is -0.409 e. The molecule has 1 aliphatic rings. The Morgan fingerprint density at radius 1 is 1.58 bits per heavy atom. The van der Waals surface area contributed by atoms with Gasteiger partial charge in [-0.15, -0.1) is 0 Å². The van der Waals surface area contributed by atoms with Gasteiger partial charge in [-0.3, -0.25) is 0 Å². The number of aromatic nitrogens is 2. The number of anilines is 1. The SMILES string of the molecule is CN/C(=N/O)c1nonc1NC1(C)CC(CSC)C1. The molecule has 0 unspecified atom stereocenters. The Hall–Kier alpha value is -1.44. The third kappa shape index (κ3) is 2.94. The molecule has 8 heteroatoms. The summed E-state index contributed by atoms with van der Waals surface area (Å²) < 4.78 is 4.72. The smallest absolute Gasteiger partial charge is 0.202 e. The van der Waals surface area contributed by atoms with Crippen molar-refractivity contribution in [3.8, 4) is 0 Å². The van der Waals surface area contributed by atoms with Crippen molar-refractivity contribution in [2.45, 2.75) is 25.3 Å². The van der Waals surface area contributed by atoms with E-state index in [4.69, 9.17) is 9.84 Å². The van der Waals surface area contributed by atoms with Crippen LogP contribution in [0.4, 0.5) is 5.82 Å². The summed E-state index contributed by atoms with van der Waals surface area (Å²) in [7, 11) is 1.65.